The molecule has 1 atom stereocenters. The molecule has 0 saturated carbocycles. The Morgan fingerprint density at radius 1 is 0.731 bits per heavy atom. The van der Waals surface area contributed by atoms with Crippen LogP contribution in [0.5, 0.6) is 5.75 Å². The Balaban J connectivity index is 1.77. The van der Waals surface area contributed by atoms with Crippen LogP contribution in [0, 0.1) is 0 Å². The Morgan fingerprint density at radius 2 is 1.38 bits per heavy atom. The van der Waals surface area contributed by atoms with E-state index >= 15 is 0 Å². The molecule has 1 aromatic heterocycles. The highest BCUT2D eigenvalue weighted by molar-refractivity contribution is 5.81. The van der Waals surface area contributed by atoms with Gasteiger partial charge in [-0.15, -0.1) is 0 Å². The number of hydrogen-bond donors (Lipinski definition) is 0. The number of aromatic nitrogens is 1. The lowest BCUT2D eigenvalue weighted by atomic mass is 9.95. The Labute approximate surface area is 153 Å². The van der Waals surface area contributed by atoms with Crippen LogP contribution in [-0.4, -0.2) is 4.57 Å². The Hall–Kier alpha value is -3.26. The third kappa shape index (κ3) is 2.26. The molecular weight excluding hydrogens is 318 g/mol. The normalized spacial score (nSPS) is 15.0. The Bertz CT molecular complexity index is 1060. The van der Waals surface area contributed by atoms with Gasteiger partial charge in [0, 0.05) is 23.9 Å². The zero-order chi connectivity index (χ0) is 17.5. The SMILES string of the molecule is Cn1c(-c2ccccc2)cc2c1[C@H](c1ccccc1)Oc1ccccc1-2. The molecule has 0 unspecified atom stereocenters. The fourth-order valence-electron chi connectivity index (χ4n) is 3.87. The van der Waals surface area contributed by atoms with Crippen LogP contribution in [0.15, 0.2) is 91.0 Å². The van der Waals surface area contributed by atoms with Crippen molar-refractivity contribution in [3.05, 3.63) is 102 Å². The second-order valence-electron chi connectivity index (χ2n) is 6.66. The van der Waals surface area contributed by atoms with Crippen molar-refractivity contribution in [3.8, 4) is 28.1 Å². The van der Waals surface area contributed by atoms with E-state index < -0.39 is 0 Å². The second-order valence-corrected chi connectivity index (χ2v) is 6.66. The third-order valence-electron chi connectivity index (χ3n) is 5.12. The zero-order valence-electron chi connectivity index (χ0n) is 14.6. The first-order valence-corrected chi connectivity index (χ1v) is 8.89. The molecule has 0 bridgehead atoms. The molecule has 5 rings (SSSR count). The van der Waals surface area contributed by atoms with E-state index in [9.17, 15) is 0 Å². The lowest BCUT2D eigenvalue weighted by molar-refractivity contribution is 0.235. The van der Waals surface area contributed by atoms with Crippen LogP contribution in [0.4, 0.5) is 0 Å². The van der Waals surface area contributed by atoms with Gasteiger partial charge in [0.05, 0.1) is 5.69 Å². The molecule has 0 spiro atoms. The molecule has 2 heteroatoms. The van der Waals surface area contributed by atoms with Gasteiger partial charge < -0.3 is 9.30 Å². The smallest absolute Gasteiger partial charge is 0.164 e. The second kappa shape index (κ2) is 5.92. The highest BCUT2D eigenvalue weighted by Gasteiger charge is 2.31. The van der Waals surface area contributed by atoms with Crippen LogP contribution < -0.4 is 4.74 Å². The average Bonchev–Trinajstić information content (AvgIpc) is 3.06. The lowest BCUT2D eigenvalue weighted by Gasteiger charge is -2.28. The Kier molecular flexibility index (Phi) is 3.42. The van der Waals surface area contributed by atoms with Crippen LogP contribution in [0.2, 0.25) is 0 Å². The summed E-state index contributed by atoms with van der Waals surface area (Å²) < 4.78 is 8.73. The number of nitrogens with zero attached hydrogens (tertiary/aromatic N) is 1. The minimum absolute atomic E-state index is 0.108. The summed E-state index contributed by atoms with van der Waals surface area (Å²) >= 11 is 0. The molecular formula is C24H19NO. The fraction of sp³-hybridized carbons (Fsp3) is 0.0833. The summed E-state index contributed by atoms with van der Waals surface area (Å²) in [5, 5.41) is 0. The van der Waals surface area contributed by atoms with E-state index in [1.165, 1.54) is 28.1 Å². The van der Waals surface area contributed by atoms with Gasteiger partial charge >= 0.3 is 0 Å². The summed E-state index contributed by atoms with van der Waals surface area (Å²) in [6, 6.07) is 31.6. The van der Waals surface area contributed by atoms with Crippen LogP contribution in [0.25, 0.3) is 22.4 Å². The summed E-state index contributed by atoms with van der Waals surface area (Å²) in [7, 11) is 2.13. The van der Waals surface area contributed by atoms with E-state index in [4.69, 9.17) is 4.74 Å². The first-order chi connectivity index (χ1) is 12.8. The van der Waals surface area contributed by atoms with Gasteiger partial charge in [-0.2, -0.15) is 0 Å². The molecule has 3 aromatic carbocycles. The third-order valence-corrected chi connectivity index (χ3v) is 5.12. The van der Waals surface area contributed by atoms with Crippen molar-refractivity contribution in [2.45, 2.75) is 6.10 Å². The largest absolute Gasteiger partial charge is 0.479 e. The summed E-state index contributed by atoms with van der Waals surface area (Å²) in [5.74, 6) is 0.944. The van der Waals surface area contributed by atoms with Gasteiger partial charge in [-0.1, -0.05) is 78.9 Å². The summed E-state index contributed by atoms with van der Waals surface area (Å²) in [5.41, 5.74) is 7.21. The van der Waals surface area contributed by atoms with Crippen molar-refractivity contribution in [3.63, 3.8) is 0 Å². The monoisotopic (exact) mass is 337 g/mol. The molecule has 2 nitrogen and oxygen atoms in total. The van der Waals surface area contributed by atoms with Gasteiger partial charge in [0.25, 0.3) is 0 Å². The molecule has 0 aliphatic carbocycles. The number of benzene rings is 3. The molecule has 0 amide bonds. The van der Waals surface area contributed by atoms with Crippen LogP contribution >= 0.6 is 0 Å². The topological polar surface area (TPSA) is 14.2 Å². The number of fused-ring (bicyclic) bond motifs is 3. The summed E-state index contributed by atoms with van der Waals surface area (Å²) in [6.07, 6.45) is -0.108. The maximum absolute atomic E-state index is 6.45. The molecule has 26 heavy (non-hydrogen) atoms. The van der Waals surface area contributed by atoms with Crippen molar-refractivity contribution in [2.24, 2.45) is 7.05 Å². The zero-order valence-corrected chi connectivity index (χ0v) is 14.6. The molecule has 4 aromatic rings. The van der Waals surface area contributed by atoms with E-state index in [0.29, 0.717) is 0 Å². The van der Waals surface area contributed by atoms with E-state index in [1.807, 2.05) is 12.1 Å². The molecule has 0 fully saturated rings. The Morgan fingerprint density at radius 3 is 2.15 bits per heavy atom. The number of hydrogen-bond acceptors (Lipinski definition) is 1. The molecule has 1 aliphatic rings. The standard InChI is InChI=1S/C24H19NO/c1-25-21(17-10-4-2-5-11-17)16-20-19-14-8-9-15-22(19)26-24(23(20)25)18-12-6-3-7-13-18/h2-16,24H,1H3/t24-/m0/s1. The summed E-state index contributed by atoms with van der Waals surface area (Å²) in [4.78, 5) is 0. The van der Waals surface area contributed by atoms with Crippen LogP contribution in [0.3, 0.4) is 0 Å². The number of ether oxygens (including phenoxy) is 1. The van der Waals surface area contributed by atoms with Crippen molar-refractivity contribution >= 4 is 0 Å². The molecule has 126 valence electrons. The summed E-state index contributed by atoms with van der Waals surface area (Å²) in [6.45, 7) is 0. The quantitative estimate of drug-likeness (QED) is 0.448. The van der Waals surface area contributed by atoms with E-state index in [2.05, 4.69) is 90.5 Å². The van der Waals surface area contributed by atoms with Crippen molar-refractivity contribution in [2.75, 3.05) is 0 Å². The average molecular weight is 337 g/mol. The van der Waals surface area contributed by atoms with Gasteiger partial charge in [-0.25, -0.2) is 0 Å². The maximum atomic E-state index is 6.45. The van der Waals surface area contributed by atoms with Gasteiger partial charge in [-0.3, -0.25) is 0 Å². The first kappa shape index (κ1) is 15.0. The van der Waals surface area contributed by atoms with E-state index in [-0.39, 0.29) is 6.10 Å². The van der Waals surface area contributed by atoms with E-state index in [1.54, 1.807) is 0 Å². The van der Waals surface area contributed by atoms with Crippen LogP contribution in [0.1, 0.15) is 17.4 Å². The van der Waals surface area contributed by atoms with E-state index in [0.717, 1.165) is 11.3 Å². The maximum Gasteiger partial charge on any atom is 0.164 e. The van der Waals surface area contributed by atoms with Gasteiger partial charge in [0.1, 0.15) is 5.75 Å². The molecule has 1 aliphatic heterocycles. The molecule has 0 N–H and O–H groups in total. The van der Waals surface area contributed by atoms with Crippen LogP contribution in [-0.2, 0) is 7.05 Å². The first-order valence-electron chi connectivity index (χ1n) is 8.89. The minimum atomic E-state index is -0.108. The van der Waals surface area contributed by atoms with Gasteiger partial charge in [0.2, 0.25) is 0 Å². The van der Waals surface area contributed by atoms with Gasteiger partial charge in [0.15, 0.2) is 6.10 Å². The highest BCUT2D eigenvalue weighted by Crippen LogP contribution is 2.47. The highest BCUT2D eigenvalue weighted by atomic mass is 16.5. The molecule has 0 saturated heterocycles. The fourth-order valence-corrected chi connectivity index (χ4v) is 3.87. The predicted molar refractivity (Wildman–Crippen MR) is 105 cm³/mol. The van der Waals surface area contributed by atoms with Crippen molar-refractivity contribution in [1.29, 1.82) is 0 Å². The van der Waals surface area contributed by atoms with Crippen molar-refractivity contribution in [1.82, 2.24) is 4.57 Å². The number of rotatable bonds is 2. The van der Waals surface area contributed by atoms with Gasteiger partial charge in [-0.05, 0) is 23.3 Å². The molecule has 0 radical (unpaired) electrons. The predicted octanol–water partition coefficient (Wildman–Crippen LogP) is 5.84. The number of para-hydroxylation sites is 1. The lowest BCUT2D eigenvalue weighted by Crippen LogP contribution is -2.18. The molecule has 2 heterocycles. The van der Waals surface area contributed by atoms with Crippen molar-refractivity contribution < 1.29 is 4.74 Å². The minimum Gasteiger partial charge on any atom is -0.479 e.